The molecule has 1 aliphatic rings. The highest BCUT2D eigenvalue weighted by molar-refractivity contribution is 8.04. The van der Waals surface area contributed by atoms with Crippen molar-refractivity contribution < 1.29 is 19.1 Å². The number of amides is 2. The number of allylic oxidation sites excluding steroid dienone is 2. The number of aromatic nitrogens is 2. The summed E-state index contributed by atoms with van der Waals surface area (Å²) >= 11 is 1.27. The van der Waals surface area contributed by atoms with Crippen LogP contribution in [0.2, 0.25) is 0 Å². The van der Waals surface area contributed by atoms with Gasteiger partial charge in [0.1, 0.15) is 5.69 Å². The molecule has 0 saturated heterocycles. The Kier molecular flexibility index (Phi) is 6.39. The molecule has 27 heavy (non-hydrogen) atoms. The molecule has 1 aromatic carbocycles. The molecule has 0 spiro atoms. The number of para-hydroxylation sites is 1. The van der Waals surface area contributed by atoms with Crippen molar-refractivity contribution in [2.75, 3.05) is 30.8 Å². The number of thioether (sulfide) groups is 1. The number of anilines is 1. The molecule has 1 heterocycles. The number of H-pyrrole nitrogens is 1. The summed E-state index contributed by atoms with van der Waals surface area (Å²) in [5.41, 5.74) is 1.26. The van der Waals surface area contributed by atoms with E-state index in [1.54, 1.807) is 12.1 Å². The van der Waals surface area contributed by atoms with E-state index in [0.29, 0.717) is 41.7 Å². The van der Waals surface area contributed by atoms with Crippen molar-refractivity contribution in [2.24, 2.45) is 0 Å². The third-order valence-electron chi connectivity index (χ3n) is 3.67. The average molecular weight is 386 g/mol. The molecule has 2 amide bonds. The second-order valence-electron chi connectivity index (χ2n) is 5.57. The number of nitrogens with one attached hydrogen (secondary N) is 3. The topological polar surface area (TPSA) is 113 Å². The van der Waals surface area contributed by atoms with Crippen LogP contribution in [0.5, 0.6) is 0 Å². The van der Waals surface area contributed by atoms with Gasteiger partial charge in [0.2, 0.25) is 11.6 Å². The highest BCUT2D eigenvalue weighted by Gasteiger charge is 2.27. The maximum Gasteiger partial charge on any atom is 0.319 e. The number of hydrogen-bond donors (Lipinski definition) is 3. The van der Waals surface area contributed by atoms with E-state index in [9.17, 15) is 14.4 Å². The van der Waals surface area contributed by atoms with Crippen molar-refractivity contribution in [3.05, 3.63) is 58.8 Å². The molecule has 8 nitrogen and oxygen atoms in total. The van der Waals surface area contributed by atoms with Gasteiger partial charge in [-0.15, -0.1) is 11.8 Å². The van der Waals surface area contributed by atoms with Crippen LogP contribution in [0.4, 0.5) is 10.5 Å². The maximum absolute atomic E-state index is 12.2. The van der Waals surface area contributed by atoms with Crippen molar-refractivity contribution in [1.82, 2.24) is 15.5 Å². The number of benzene rings is 1. The van der Waals surface area contributed by atoms with Crippen LogP contribution >= 0.6 is 11.8 Å². The van der Waals surface area contributed by atoms with E-state index in [-0.39, 0.29) is 23.3 Å². The molecule has 1 aromatic heterocycles. The van der Waals surface area contributed by atoms with Gasteiger partial charge in [0, 0.05) is 24.1 Å². The van der Waals surface area contributed by atoms with Gasteiger partial charge in [0.15, 0.2) is 0 Å². The summed E-state index contributed by atoms with van der Waals surface area (Å²) < 4.78 is 5.44. The first-order valence-electron chi connectivity index (χ1n) is 8.29. The predicted molar refractivity (Wildman–Crippen MR) is 102 cm³/mol. The van der Waals surface area contributed by atoms with Gasteiger partial charge in [0.25, 0.3) is 0 Å². The summed E-state index contributed by atoms with van der Waals surface area (Å²) in [5.74, 6) is 0.0654. The Bertz CT molecular complexity index is 863. The highest BCUT2D eigenvalue weighted by atomic mass is 32.2. The first-order valence-corrected chi connectivity index (χ1v) is 9.28. The van der Waals surface area contributed by atoms with Gasteiger partial charge in [-0.3, -0.25) is 14.7 Å². The van der Waals surface area contributed by atoms with Crippen LogP contribution in [-0.4, -0.2) is 53.3 Å². The molecule has 1 aliphatic carbocycles. The zero-order valence-corrected chi connectivity index (χ0v) is 15.2. The van der Waals surface area contributed by atoms with Gasteiger partial charge in [-0.1, -0.05) is 18.2 Å². The number of rotatable bonds is 8. The van der Waals surface area contributed by atoms with Gasteiger partial charge in [-0.2, -0.15) is 5.10 Å². The molecule has 3 rings (SSSR count). The second-order valence-corrected chi connectivity index (χ2v) is 6.71. The number of fused-ring (bicyclic) bond motifs is 1. The lowest BCUT2D eigenvalue weighted by atomic mass is 10.0. The summed E-state index contributed by atoms with van der Waals surface area (Å²) in [5, 5.41) is 11.7. The largest absolute Gasteiger partial charge is 0.379 e. The van der Waals surface area contributed by atoms with Crippen LogP contribution in [-0.2, 0) is 4.74 Å². The third-order valence-corrected chi connectivity index (χ3v) is 4.65. The van der Waals surface area contributed by atoms with E-state index < -0.39 is 0 Å². The Morgan fingerprint density at radius 2 is 2.00 bits per heavy atom. The van der Waals surface area contributed by atoms with Crippen LogP contribution in [0, 0.1) is 0 Å². The molecular formula is C18H18N4O4S. The maximum atomic E-state index is 12.2. The number of nitrogens with zero attached hydrogens (tertiary/aromatic N) is 1. The van der Waals surface area contributed by atoms with Gasteiger partial charge >= 0.3 is 6.03 Å². The van der Waals surface area contributed by atoms with E-state index in [1.165, 1.54) is 24.0 Å². The molecule has 0 unspecified atom stereocenters. The molecule has 0 fully saturated rings. The second kappa shape index (κ2) is 9.15. The number of aromatic amines is 1. The Balaban J connectivity index is 1.29. The molecule has 0 saturated carbocycles. The minimum atomic E-state index is -0.299. The number of Topliss-reactive ketones (excluding diaryl/α,β-unsaturated/α-hetero) is 1. The Hall–Kier alpha value is -2.91. The van der Waals surface area contributed by atoms with Crippen LogP contribution in [0.1, 0.15) is 20.8 Å². The van der Waals surface area contributed by atoms with Crippen molar-refractivity contribution in [3.8, 4) is 0 Å². The van der Waals surface area contributed by atoms with Crippen LogP contribution < -0.4 is 10.6 Å². The van der Waals surface area contributed by atoms with Gasteiger partial charge < -0.3 is 15.4 Å². The number of carbonyl (C=O) groups is 3. The molecule has 140 valence electrons. The molecule has 2 aromatic rings. The van der Waals surface area contributed by atoms with Crippen LogP contribution in [0.15, 0.2) is 47.5 Å². The van der Waals surface area contributed by atoms with E-state index in [4.69, 9.17) is 4.74 Å². The zero-order valence-electron chi connectivity index (χ0n) is 14.4. The Labute approximate surface area is 159 Å². The summed E-state index contributed by atoms with van der Waals surface area (Å²) in [4.78, 5) is 36.2. The van der Waals surface area contributed by atoms with Gasteiger partial charge in [-0.05, 0) is 12.1 Å². The van der Waals surface area contributed by atoms with Crippen LogP contribution in [0.25, 0.3) is 0 Å². The number of hydrogen-bond acceptors (Lipinski definition) is 6. The zero-order chi connectivity index (χ0) is 19.1. The average Bonchev–Trinajstić information content (AvgIpc) is 3.16. The summed E-state index contributed by atoms with van der Waals surface area (Å²) in [6.07, 6.45) is 2.69. The lowest BCUT2D eigenvalue weighted by Gasteiger charge is -2.11. The number of carbonyl (C=O) groups excluding carboxylic acids is 3. The number of urea groups is 1. The molecule has 0 bridgehead atoms. The normalized spacial score (nSPS) is 13.1. The molecule has 9 heteroatoms. The first-order chi connectivity index (χ1) is 13.1. The fourth-order valence-corrected chi connectivity index (χ4v) is 3.24. The monoisotopic (exact) mass is 386 g/mol. The van der Waals surface area contributed by atoms with Crippen molar-refractivity contribution >= 4 is 35.0 Å². The quantitative estimate of drug-likeness (QED) is 0.600. The van der Waals surface area contributed by atoms with Crippen LogP contribution in [0.3, 0.4) is 0 Å². The predicted octanol–water partition coefficient (Wildman–Crippen LogP) is 2.24. The smallest absolute Gasteiger partial charge is 0.319 e. The third kappa shape index (κ3) is 5.05. The molecule has 3 N–H and O–H groups in total. The van der Waals surface area contributed by atoms with E-state index in [0.717, 1.165) is 0 Å². The fraction of sp³-hybridized carbons (Fsp3) is 0.222. The van der Waals surface area contributed by atoms with E-state index in [2.05, 4.69) is 20.8 Å². The molecular weight excluding hydrogens is 368 g/mol. The van der Waals surface area contributed by atoms with E-state index in [1.807, 2.05) is 18.2 Å². The van der Waals surface area contributed by atoms with Gasteiger partial charge in [0.05, 0.1) is 29.9 Å². The first kappa shape index (κ1) is 18.9. The highest BCUT2D eigenvalue weighted by Crippen LogP contribution is 2.26. The number of ether oxygens (including phenoxy) is 1. The summed E-state index contributed by atoms with van der Waals surface area (Å²) in [6.45, 7) is 1.10. The molecule has 0 aliphatic heterocycles. The number of ketones is 2. The van der Waals surface area contributed by atoms with E-state index >= 15 is 0 Å². The Morgan fingerprint density at radius 3 is 2.81 bits per heavy atom. The van der Waals surface area contributed by atoms with Crippen molar-refractivity contribution in [3.63, 3.8) is 0 Å². The lowest BCUT2D eigenvalue weighted by Crippen LogP contribution is -2.31. The molecule has 0 atom stereocenters. The Morgan fingerprint density at radius 1 is 1.19 bits per heavy atom. The SMILES string of the molecule is O=C(NCCOCCSC1=CC(=O)c2[nH]ncc2C1=O)Nc1ccccc1. The molecule has 0 radical (unpaired) electrons. The summed E-state index contributed by atoms with van der Waals surface area (Å²) in [6, 6.07) is 8.84. The van der Waals surface area contributed by atoms with Gasteiger partial charge in [-0.25, -0.2) is 4.79 Å². The summed E-state index contributed by atoms with van der Waals surface area (Å²) in [7, 11) is 0. The standard InChI is InChI=1S/C18H18N4O4S/c23-14-10-15(17(24)13-11-20-22-16(13)14)27-9-8-26-7-6-19-18(25)21-12-4-2-1-3-5-12/h1-5,10-11H,6-9H2,(H,20,22)(H2,19,21,25). The lowest BCUT2D eigenvalue weighted by molar-refractivity contribution is 0.0989. The minimum absolute atomic E-state index is 0.206. The fourth-order valence-electron chi connectivity index (χ4n) is 2.39. The van der Waals surface area contributed by atoms with Crippen molar-refractivity contribution in [2.45, 2.75) is 0 Å². The minimum Gasteiger partial charge on any atom is -0.379 e. The van der Waals surface area contributed by atoms with Crippen molar-refractivity contribution in [1.29, 1.82) is 0 Å².